The van der Waals surface area contributed by atoms with E-state index in [-0.39, 0.29) is 17.3 Å². The zero-order chi connectivity index (χ0) is 20.3. The molecule has 150 valence electrons. The molecule has 0 unspecified atom stereocenters. The van der Waals surface area contributed by atoms with E-state index in [1.165, 1.54) is 15.6 Å². The van der Waals surface area contributed by atoms with Gasteiger partial charge in [0.25, 0.3) is 15.9 Å². The van der Waals surface area contributed by atoms with E-state index < -0.39 is 10.0 Å². The molecule has 0 atom stereocenters. The van der Waals surface area contributed by atoms with E-state index in [1.54, 1.807) is 54.0 Å². The van der Waals surface area contributed by atoms with Crippen LogP contribution in [0.1, 0.15) is 28.8 Å². The molecule has 1 aliphatic heterocycles. The summed E-state index contributed by atoms with van der Waals surface area (Å²) in [6.45, 7) is 1.74. The minimum Gasteiger partial charge on any atom is -0.339 e. The van der Waals surface area contributed by atoms with E-state index in [1.807, 2.05) is 17.0 Å². The van der Waals surface area contributed by atoms with Gasteiger partial charge in [0.05, 0.1) is 11.4 Å². The van der Waals surface area contributed by atoms with E-state index in [9.17, 15) is 13.2 Å². The van der Waals surface area contributed by atoms with Gasteiger partial charge in [0.15, 0.2) is 5.13 Å². The first-order chi connectivity index (χ1) is 14.1. The predicted molar refractivity (Wildman–Crippen MR) is 114 cm³/mol. The molecular weight excluding hydrogens is 406 g/mol. The second kappa shape index (κ2) is 8.34. The lowest BCUT2D eigenvalue weighted by Crippen LogP contribution is -2.30. The Bertz CT molecular complexity index is 1060. The largest absolute Gasteiger partial charge is 0.339 e. The van der Waals surface area contributed by atoms with Crippen LogP contribution in [0.3, 0.4) is 0 Å². The Morgan fingerprint density at radius 3 is 2.34 bits per heavy atom. The van der Waals surface area contributed by atoms with Crippen LogP contribution in [0, 0.1) is 0 Å². The molecule has 3 aromatic rings. The fourth-order valence-electron chi connectivity index (χ4n) is 3.34. The molecular formula is C21H21N3O3S2. The van der Waals surface area contributed by atoms with Crippen molar-refractivity contribution in [3.63, 3.8) is 0 Å². The Morgan fingerprint density at radius 2 is 1.72 bits per heavy atom. The molecule has 0 bridgehead atoms. The topological polar surface area (TPSA) is 70.6 Å². The minimum atomic E-state index is -3.76. The van der Waals surface area contributed by atoms with E-state index in [0.29, 0.717) is 10.7 Å². The molecule has 1 amide bonds. The third-order valence-electron chi connectivity index (χ3n) is 4.88. The zero-order valence-corrected chi connectivity index (χ0v) is 17.4. The summed E-state index contributed by atoms with van der Waals surface area (Å²) in [4.78, 5) is 18.8. The second-order valence-corrected chi connectivity index (χ2v) is 9.57. The molecule has 1 aliphatic rings. The number of hydrogen-bond donors (Lipinski definition) is 0. The first-order valence-electron chi connectivity index (χ1n) is 9.41. The summed E-state index contributed by atoms with van der Waals surface area (Å²) >= 11 is 1.27. The first kappa shape index (κ1) is 19.6. The van der Waals surface area contributed by atoms with Crippen molar-refractivity contribution in [2.24, 2.45) is 0 Å². The SMILES string of the molecule is O=C(c1ccc(CN(c2nccs2)S(=O)(=O)c2ccccc2)cc1)N1CCCC1. The fraction of sp³-hybridized carbons (Fsp3) is 0.238. The Kier molecular flexibility index (Phi) is 5.64. The maximum absolute atomic E-state index is 13.2. The van der Waals surface area contributed by atoms with E-state index in [4.69, 9.17) is 0 Å². The molecule has 0 radical (unpaired) electrons. The smallest absolute Gasteiger partial charge is 0.266 e. The van der Waals surface area contributed by atoms with Crippen molar-refractivity contribution >= 4 is 32.4 Å². The molecule has 1 saturated heterocycles. The zero-order valence-electron chi connectivity index (χ0n) is 15.8. The molecule has 0 spiro atoms. The predicted octanol–water partition coefficient (Wildman–Crippen LogP) is 3.77. The summed E-state index contributed by atoms with van der Waals surface area (Å²) in [6, 6.07) is 15.5. The molecule has 1 fully saturated rings. The van der Waals surface area contributed by atoms with Crippen molar-refractivity contribution in [2.45, 2.75) is 24.3 Å². The lowest BCUT2D eigenvalue weighted by atomic mass is 10.1. The van der Waals surface area contributed by atoms with Crippen molar-refractivity contribution in [3.05, 3.63) is 77.3 Å². The quantitative estimate of drug-likeness (QED) is 0.600. The normalized spacial score (nSPS) is 14.1. The highest BCUT2D eigenvalue weighted by Gasteiger charge is 2.27. The van der Waals surface area contributed by atoms with Gasteiger partial charge in [-0.25, -0.2) is 17.7 Å². The van der Waals surface area contributed by atoms with Crippen LogP contribution in [-0.2, 0) is 16.6 Å². The van der Waals surface area contributed by atoms with Crippen molar-refractivity contribution in [1.29, 1.82) is 0 Å². The highest BCUT2D eigenvalue weighted by Crippen LogP contribution is 2.27. The molecule has 0 saturated carbocycles. The third kappa shape index (κ3) is 4.18. The molecule has 1 aromatic heterocycles. The molecule has 2 aromatic carbocycles. The summed E-state index contributed by atoms with van der Waals surface area (Å²) in [7, 11) is -3.76. The number of likely N-dealkylation sites (tertiary alicyclic amines) is 1. The summed E-state index contributed by atoms with van der Waals surface area (Å²) in [5, 5.41) is 2.16. The molecule has 6 nitrogen and oxygen atoms in total. The molecule has 29 heavy (non-hydrogen) atoms. The molecule has 0 N–H and O–H groups in total. The maximum atomic E-state index is 13.2. The number of aromatic nitrogens is 1. The van der Waals surface area contributed by atoms with E-state index in [0.717, 1.165) is 31.5 Å². The summed E-state index contributed by atoms with van der Waals surface area (Å²) in [6.07, 6.45) is 3.68. The number of anilines is 1. The van der Waals surface area contributed by atoms with Crippen LogP contribution in [0.25, 0.3) is 0 Å². The Labute approximate surface area is 174 Å². The number of sulfonamides is 1. The number of rotatable bonds is 6. The highest BCUT2D eigenvalue weighted by molar-refractivity contribution is 7.93. The van der Waals surface area contributed by atoms with Gasteiger partial charge in [0, 0.05) is 30.2 Å². The Balaban J connectivity index is 1.59. The van der Waals surface area contributed by atoms with Crippen molar-refractivity contribution in [2.75, 3.05) is 17.4 Å². The number of thiazole rings is 1. The number of nitrogens with zero attached hydrogens (tertiary/aromatic N) is 3. The van der Waals surface area contributed by atoms with Crippen molar-refractivity contribution in [1.82, 2.24) is 9.88 Å². The average Bonchev–Trinajstić information content (AvgIpc) is 3.47. The van der Waals surface area contributed by atoms with E-state index in [2.05, 4.69) is 4.98 Å². The van der Waals surface area contributed by atoms with E-state index >= 15 is 0 Å². The Hall–Kier alpha value is -2.71. The number of carbonyl (C=O) groups excluding carboxylic acids is 1. The van der Waals surface area contributed by atoms with Crippen LogP contribution in [-0.4, -0.2) is 37.3 Å². The van der Waals surface area contributed by atoms with Crippen molar-refractivity contribution < 1.29 is 13.2 Å². The summed E-state index contributed by atoms with van der Waals surface area (Å²) in [5.74, 6) is 0.0303. The number of amides is 1. The summed E-state index contributed by atoms with van der Waals surface area (Å²) < 4.78 is 27.7. The van der Waals surface area contributed by atoms with Crippen LogP contribution in [0.4, 0.5) is 5.13 Å². The fourth-order valence-corrected chi connectivity index (χ4v) is 5.63. The molecule has 0 aliphatic carbocycles. The minimum absolute atomic E-state index is 0.0303. The van der Waals surface area contributed by atoms with Crippen LogP contribution < -0.4 is 4.31 Å². The van der Waals surface area contributed by atoms with Gasteiger partial charge in [-0.3, -0.25) is 4.79 Å². The van der Waals surface area contributed by atoms with Crippen LogP contribution in [0.5, 0.6) is 0 Å². The van der Waals surface area contributed by atoms with Crippen molar-refractivity contribution in [3.8, 4) is 0 Å². The monoisotopic (exact) mass is 427 g/mol. The van der Waals surface area contributed by atoms with Gasteiger partial charge < -0.3 is 4.90 Å². The standard InChI is InChI=1S/C21H21N3O3S2/c25-20(23-13-4-5-14-23)18-10-8-17(9-11-18)16-24(21-22-12-15-28-21)29(26,27)19-6-2-1-3-7-19/h1-3,6-12,15H,4-5,13-14,16H2. The second-order valence-electron chi connectivity index (χ2n) is 6.84. The van der Waals surface area contributed by atoms with Gasteiger partial charge in [0.1, 0.15) is 0 Å². The van der Waals surface area contributed by atoms with Crippen LogP contribution in [0.15, 0.2) is 71.1 Å². The van der Waals surface area contributed by atoms with Crippen LogP contribution >= 0.6 is 11.3 Å². The van der Waals surface area contributed by atoms with Gasteiger partial charge in [-0.1, -0.05) is 30.3 Å². The number of benzene rings is 2. The molecule has 4 rings (SSSR count). The maximum Gasteiger partial charge on any atom is 0.266 e. The van der Waals surface area contributed by atoms with Gasteiger partial charge >= 0.3 is 0 Å². The lowest BCUT2D eigenvalue weighted by Gasteiger charge is -2.22. The average molecular weight is 428 g/mol. The first-order valence-corrected chi connectivity index (χ1v) is 11.7. The number of carbonyl (C=O) groups is 1. The molecule has 8 heteroatoms. The Morgan fingerprint density at radius 1 is 1.03 bits per heavy atom. The highest BCUT2D eigenvalue weighted by atomic mass is 32.2. The van der Waals surface area contributed by atoms with Gasteiger partial charge in [-0.15, -0.1) is 11.3 Å². The van der Waals surface area contributed by atoms with Gasteiger partial charge in [-0.2, -0.15) is 0 Å². The lowest BCUT2D eigenvalue weighted by molar-refractivity contribution is 0.0793. The third-order valence-corrected chi connectivity index (χ3v) is 7.54. The van der Waals surface area contributed by atoms with Gasteiger partial charge in [-0.05, 0) is 42.7 Å². The van der Waals surface area contributed by atoms with Gasteiger partial charge in [0.2, 0.25) is 0 Å². The molecule has 2 heterocycles. The summed E-state index contributed by atoms with van der Waals surface area (Å²) in [5.41, 5.74) is 1.42. The number of hydrogen-bond acceptors (Lipinski definition) is 5. The van der Waals surface area contributed by atoms with Crippen LogP contribution in [0.2, 0.25) is 0 Å².